The Balaban J connectivity index is 1.43. The fourth-order valence-electron chi connectivity index (χ4n) is 9.49. The third-order valence-electron chi connectivity index (χ3n) is 11.0. The van der Waals surface area contributed by atoms with Crippen molar-refractivity contribution < 1.29 is 28.5 Å². The lowest BCUT2D eigenvalue weighted by Gasteiger charge is -2.64. The fraction of sp³-hybridized carbons (Fsp3) is 0.733. The van der Waals surface area contributed by atoms with Gasteiger partial charge in [-0.05, 0) is 86.7 Å². The zero-order valence-corrected chi connectivity index (χ0v) is 23.3. The second kappa shape index (κ2) is 8.89. The number of ether oxygens (including phenoxy) is 4. The molecule has 1 aromatic rings. The Labute approximate surface area is 220 Å². The lowest BCUT2D eigenvalue weighted by atomic mass is 9.41. The number of ketones is 1. The highest BCUT2D eigenvalue weighted by Crippen LogP contribution is 2.73. The van der Waals surface area contributed by atoms with Crippen LogP contribution in [0.2, 0.25) is 0 Å². The molecule has 4 aliphatic carbocycles. The molecule has 0 heterocycles. The van der Waals surface area contributed by atoms with Crippen LogP contribution in [0.4, 0.5) is 0 Å². The van der Waals surface area contributed by atoms with Gasteiger partial charge in [-0.15, -0.1) is 0 Å². The summed E-state index contributed by atoms with van der Waals surface area (Å²) in [5, 5.41) is 0. The van der Waals surface area contributed by atoms with Crippen LogP contribution in [0.3, 0.4) is 0 Å². The monoisotopic (exact) mass is 513 g/mol. The highest BCUT2D eigenvalue weighted by molar-refractivity contribution is 5.93. The van der Waals surface area contributed by atoms with Gasteiger partial charge in [0.15, 0.2) is 11.5 Å². The minimum atomic E-state index is -0.487. The van der Waals surface area contributed by atoms with Crippen LogP contribution in [-0.4, -0.2) is 45.2 Å². The highest BCUT2D eigenvalue weighted by atomic mass is 16.5. The molecule has 7 heteroatoms. The molecule has 204 valence electrons. The topological polar surface area (TPSA) is 97.1 Å². The number of carbonyl (C=O) groups is 2. The normalized spacial score (nSPS) is 40.4. The zero-order valence-electron chi connectivity index (χ0n) is 23.3. The molecular weight excluding hydrogens is 470 g/mol. The molecule has 1 spiro atoms. The van der Waals surface area contributed by atoms with Gasteiger partial charge in [0.05, 0.1) is 32.8 Å². The van der Waals surface area contributed by atoms with Crippen molar-refractivity contribution in [1.82, 2.24) is 0 Å². The van der Waals surface area contributed by atoms with Crippen LogP contribution in [-0.2, 0) is 9.53 Å². The summed E-state index contributed by atoms with van der Waals surface area (Å²) >= 11 is 0. The predicted octanol–water partition coefficient (Wildman–Crippen LogP) is 5.18. The van der Waals surface area contributed by atoms with Crippen molar-refractivity contribution >= 4 is 11.8 Å². The molecule has 1 aromatic carbocycles. The zero-order chi connectivity index (χ0) is 26.8. The van der Waals surface area contributed by atoms with Gasteiger partial charge in [-0.2, -0.15) is 0 Å². The SMILES string of the molecule is COc1cc(C(=O)OC[C@@H]2C(=O)[C@@]3(C)CC[C@H]4[C@]5(C)CCC[C@@](C)(N)[C@H]5CC[C@@]24C3)cc(OC)c1OC. The third kappa shape index (κ3) is 3.78. The van der Waals surface area contributed by atoms with Gasteiger partial charge in [0.2, 0.25) is 5.75 Å². The first-order valence-corrected chi connectivity index (χ1v) is 13.8. The van der Waals surface area contributed by atoms with Gasteiger partial charge in [0.25, 0.3) is 0 Å². The van der Waals surface area contributed by atoms with Crippen LogP contribution in [0.25, 0.3) is 0 Å². The van der Waals surface area contributed by atoms with Gasteiger partial charge in [-0.3, -0.25) is 4.79 Å². The lowest BCUT2D eigenvalue weighted by Crippen LogP contribution is -2.63. The van der Waals surface area contributed by atoms with Gasteiger partial charge >= 0.3 is 5.97 Å². The van der Waals surface area contributed by atoms with E-state index in [1.165, 1.54) is 27.8 Å². The molecule has 2 N–H and O–H groups in total. The standard InChI is InChI=1S/C30H43NO6/c1-27-12-8-23-28(2)10-7-11-29(3,31)22(28)9-13-30(23,17-27)19(25(27)32)16-37-26(33)18-14-20(34-4)24(36-6)21(15-18)35-5/h14-15,19,22-23H,7-13,16-17,31H2,1-6H3/t19-,22+,23+,27+,28-,29-,30-/m1/s1. The van der Waals surface area contributed by atoms with Crippen molar-refractivity contribution in [3.8, 4) is 17.2 Å². The summed E-state index contributed by atoms with van der Waals surface area (Å²) in [7, 11) is 4.55. The minimum Gasteiger partial charge on any atom is -0.493 e. The number of fused-ring (bicyclic) bond motifs is 3. The van der Waals surface area contributed by atoms with E-state index in [0.717, 1.165) is 44.9 Å². The van der Waals surface area contributed by atoms with E-state index in [-0.39, 0.29) is 40.1 Å². The molecule has 7 atom stereocenters. The molecule has 0 saturated heterocycles. The van der Waals surface area contributed by atoms with Crippen LogP contribution >= 0.6 is 0 Å². The first-order valence-electron chi connectivity index (χ1n) is 13.8. The van der Waals surface area contributed by atoms with Crippen LogP contribution in [0, 0.1) is 34.0 Å². The van der Waals surface area contributed by atoms with Crippen molar-refractivity contribution in [1.29, 1.82) is 0 Å². The van der Waals surface area contributed by atoms with E-state index in [4.69, 9.17) is 24.7 Å². The number of nitrogens with two attached hydrogens (primary N) is 1. The summed E-state index contributed by atoms with van der Waals surface area (Å²) < 4.78 is 22.1. The number of methoxy groups -OCH3 is 3. The van der Waals surface area contributed by atoms with E-state index in [2.05, 4.69) is 20.8 Å². The van der Waals surface area contributed by atoms with Crippen LogP contribution in [0.15, 0.2) is 12.1 Å². The summed E-state index contributed by atoms with van der Waals surface area (Å²) in [6.07, 6.45) is 8.28. The van der Waals surface area contributed by atoms with E-state index in [0.29, 0.717) is 34.6 Å². The second-order valence-electron chi connectivity index (χ2n) is 12.9. The van der Waals surface area contributed by atoms with Crippen LogP contribution in [0.1, 0.15) is 82.5 Å². The van der Waals surface area contributed by atoms with E-state index in [1.807, 2.05) is 0 Å². The molecule has 2 bridgehead atoms. The quantitative estimate of drug-likeness (QED) is 0.524. The first kappa shape index (κ1) is 26.3. The lowest BCUT2D eigenvalue weighted by molar-refractivity contribution is -0.151. The van der Waals surface area contributed by atoms with Gasteiger partial charge in [0.1, 0.15) is 12.4 Å². The molecule has 0 aliphatic heterocycles. The number of hydrogen-bond donors (Lipinski definition) is 1. The van der Waals surface area contributed by atoms with Crippen molar-refractivity contribution in [3.63, 3.8) is 0 Å². The van der Waals surface area contributed by atoms with E-state index in [1.54, 1.807) is 12.1 Å². The average Bonchev–Trinajstić information content (AvgIpc) is 3.01. The summed E-state index contributed by atoms with van der Waals surface area (Å²) in [4.78, 5) is 27.2. The number of hydrogen-bond acceptors (Lipinski definition) is 7. The number of benzene rings is 1. The maximum atomic E-state index is 13.9. The van der Waals surface area contributed by atoms with Gasteiger partial charge in [0, 0.05) is 11.0 Å². The van der Waals surface area contributed by atoms with E-state index >= 15 is 0 Å². The first-order chi connectivity index (χ1) is 17.5. The fourth-order valence-corrected chi connectivity index (χ4v) is 9.49. The van der Waals surface area contributed by atoms with Gasteiger partial charge < -0.3 is 24.7 Å². The number of rotatable bonds is 6. The summed E-state index contributed by atoms with van der Waals surface area (Å²) in [5.41, 5.74) is 6.70. The Morgan fingerprint density at radius 2 is 1.59 bits per heavy atom. The largest absolute Gasteiger partial charge is 0.493 e. The molecule has 37 heavy (non-hydrogen) atoms. The Morgan fingerprint density at radius 1 is 0.946 bits per heavy atom. The smallest absolute Gasteiger partial charge is 0.338 e. The molecule has 0 radical (unpaired) electrons. The average molecular weight is 514 g/mol. The summed E-state index contributed by atoms with van der Waals surface area (Å²) in [5.74, 6) is 1.60. The minimum absolute atomic E-state index is 0.112. The molecular formula is C30H43NO6. The summed E-state index contributed by atoms with van der Waals surface area (Å²) in [6, 6.07) is 3.19. The highest BCUT2D eigenvalue weighted by Gasteiger charge is 2.70. The second-order valence-corrected chi connectivity index (χ2v) is 12.9. The number of carbonyl (C=O) groups excluding carboxylic acids is 2. The van der Waals surface area contributed by atoms with Crippen molar-refractivity contribution in [3.05, 3.63) is 17.7 Å². The summed E-state index contributed by atoms with van der Waals surface area (Å²) in [6.45, 7) is 6.92. The molecule has 7 nitrogen and oxygen atoms in total. The van der Waals surface area contributed by atoms with E-state index < -0.39 is 5.97 Å². The molecule has 0 amide bonds. The Bertz CT molecular complexity index is 1070. The number of Topliss-reactive ketones (excluding diaryl/α,β-unsaturated/α-hetero) is 1. The van der Waals surface area contributed by atoms with Crippen LogP contribution < -0.4 is 19.9 Å². The third-order valence-corrected chi connectivity index (χ3v) is 11.0. The molecule has 0 aromatic heterocycles. The van der Waals surface area contributed by atoms with Crippen LogP contribution in [0.5, 0.6) is 17.2 Å². The molecule has 4 saturated carbocycles. The van der Waals surface area contributed by atoms with Crippen molar-refractivity contribution in [2.75, 3.05) is 27.9 Å². The Hall–Kier alpha value is -2.28. The van der Waals surface area contributed by atoms with E-state index in [9.17, 15) is 9.59 Å². The van der Waals surface area contributed by atoms with Gasteiger partial charge in [-0.25, -0.2) is 4.79 Å². The molecule has 4 fully saturated rings. The van der Waals surface area contributed by atoms with Crippen molar-refractivity contribution in [2.45, 2.75) is 77.7 Å². The maximum absolute atomic E-state index is 13.9. The number of esters is 1. The van der Waals surface area contributed by atoms with Crippen molar-refractivity contribution in [2.24, 2.45) is 39.7 Å². The molecule has 0 unspecified atom stereocenters. The Kier molecular flexibility index (Phi) is 6.33. The molecule has 5 rings (SSSR count). The molecule has 4 aliphatic rings. The predicted molar refractivity (Wildman–Crippen MR) is 140 cm³/mol. The Morgan fingerprint density at radius 3 is 2.22 bits per heavy atom. The van der Waals surface area contributed by atoms with Gasteiger partial charge in [-0.1, -0.05) is 20.3 Å². The maximum Gasteiger partial charge on any atom is 0.338 e.